The molecule has 2 heterocycles. The number of para-hydroxylation sites is 1. The molecule has 0 saturated heterocycles. The van der Waals surface area contributed by atoms with E-state index in [2.05, 4.69) is 102 Å². The summed E-state index contributed by atoms with van der Waals surface area (Å²) in [7, 11) is 0. The molecule has 0 aliphatic carbocycles. The number of nitrogens with zero attached hydrogens (tertiary/aromatic N) is 2. The molecular formula is C35H22N2OS. The zero-order valence-corrected chi connectivity index (χ0v) is 21.7. The topological polar surface area (TPSA) is 29.3 Å². The first-order valence-electron chi connectivity index (χ1n) is 13.0. The maximum Gasteiger partial charge on any atom is 0.227 e. The van der Waals surface area contributed by atoms with Crippen LogP contribution in [0.2, 0.25) is 0 Å². The van der Waals surface area contributed by atoms with E-state index < -0.39 is 0 Å². The fraction of sp³-hybridized carbons (Fsp3) is 0. The molecule has 2 aromatic heterocycles. The Morgan fingerprint density at radius 2 is 1.28 bits per heavy atom. The standard InChI is InChI=1S/C35H22N2OS/c1-3-10-23(11-4-1)35-36-34-28-15-9-16-30(26(28)19-20-31(34)38-35)37(24-12-5-2-6-13-24)25-18-21-33-29(22-25)27-14-7-8-17-32(27)39-33/h1-22H. The van der Waals surface area contributed by atoms with E-state index in [4.69, 9.17) is 9.40 Å². The summed E-state index contributed by atoms with van der Waals surface area (Å²) in [5, 5.41) is 4.76. The normalized spacial score (nSPS) is 11.6. The summed E-state index contributed by atoms with van der Waals surface area (Å²) < 4.78 is 8.79. The minimum absolute atomic E-state index is 0.637. The molecule has 0 amide bonds. The van der Waals surface area contributed by atoms with Crippen molar-refractivity contribution in [3.05, 3.63) is 133 Å². The summed E-state index contributed by atoms with van der Waals surface area (Å²) in [6, 6.07) is 46.7. The Bertz CT molecular complexity index is 2130. The molecule has 0 aliphatic heterocycles. The monoisotopic (exact) mass is 518 g/mol. The molecule has 0 saturated carbocycles. The molecule has 4 heteroatoms. The van der Waals surface area contributed by atoms with Crippen LogP contribution in [0.15, 0.2) is 138 Å². The van der Waals surface area contributed by atoms with E-state index in [0.29, 0.717) is 5.89 Å². The highest BCUT2D eigenvalue weighted by Gasteiger charge is 2.19. The number of hydrogen-bond acceptors (Lipinski definition) is 4. The molecule has 0 radical (unpaired) electrons. The van der Waals surface area contributed by atoms with Gasteiger partial charge in [0, 0.05) is 47.9 Å². The molecule has 184 valence electrons. The highest BCUT2D eigenvalue weighted by molar-refractivity contribution is 7.25. The fourth-order valence-electron chi connectivity index (χ4n) is 5.49. The quantitative estimate of drug-likeness (QED) is 0.232. The second kappa shape index (κ2) is 8.83. The van der Waals surface area contributed by atoms with Crippen molar-refractivity contribution in [2.45, 2.75) is 0 Å². The van der Waals surface area contributed by atoms with Crippen LogP contribution >= 0.6 is 11.3 Å². The van der Waals surface area contributed by atoms with Gasteiger partial charge in [-0.3, -0.25) is 0 Å². The van der Waals surface area contributed by atoms with E-state index in [-0.39, 0.29) is 0 Å². The van der Waals surface area contributed by atoms with Gasteiger partial charge in [-0.2, -0.15) is 0 Å². The van der Waals surface area contributed by atoms with Gasteiger partial charge in [0.2, 0.25) is 5.89 Å². The number of hydrogen-bond donors (Lipinski definition) is 0. The van der Waals surface area contributed by atoms with Crippen molar-refractivity contribution in [3.8, 4) is 11.5 Å². The fourth-order valence-corrected chi connectivity index (χ4v) is 6.57. The smallest absolute Gasteiger partial charge is 0.227 e. The summed E-state index contributed by atoms with van der Waals surface area (Å²) in [5.74, 6) is 0.637. The van der Waals surface area contributed by atoms with E-state index in [1.54, 1.807) is 0 Å². The predicted octanol–water partition coefficient (Wildman–Crippen LogP) is 10.5. The van der Waals surface area contributed by atoms with E-state index in [1.807, 2.05) is 47.7 Å². The van der Waals surface area contributed by atoms with Crippen LogP contribution in [0.4, 0.5) is 17.1 Å². The third kappa shape index (κ3) is 3.61. The lowest BCUT2D eigenvalue weighted by Crippen LogP contribution is -2.10. The average molecular weight is 519 g/mol. The Balaban J connectivity index is 1.36. The maximum atomic E-state index is 6.19. The molecular weight excluding hydrogens is 496 g/mol. The van der Waals surface area contributed by atoms with E-state index in [0.717, 1.165) is 44.5 Å². The summed E-state index contributed by atoms with van der Waals surface area (Å²) >= 11 is 1.84. The largest absolute Gasteiger partial charge is 0.436 e. The van der Waals surface area contributed by atoms with Crippen LogP contribution < -0.4 is 4.90 Å². The Kier molecular flexibility index (Phi) is 5.00. The minimum atomic E-state index is 0.637. The molecule has 0 atom stereocenters. The van der Waals surface area contributed by atoms with Crippen molar-refractivity contribution in [3.63, 3.8) is 0 Å². The van der Waals surface area contributed by atoms with Crippen LogP contribution in [-0.4, -0.2) is 4.98 Å². The number of benzene rings is 6. The number of fused-ring (bicyclic) bond motifs is 6. The number of anilines is 3. The second-order valence-corrected chi connectivity index (χ2v) is 10.7. The minimum Gasteiger partial charge on any atom is -0.436 e. The molecule has 0 bridgehead atoms. The summed E-state index contributed by atoms with van der Waals surface area (Å²) in [6.45, 7) is 0. The van der Waals surface area contributed by atoms with E-state index in [1.165, 1.54) is 20.2 Å². The molecule has 0 aliphatic rings. The first-order chi connectivity index (χ1) is 19.3. The highest BCUT2D eigenvalue weighted by Crippen LogP contribution is 2.43. The Morgan fingerprint density at radius 3 is 2.15 bits per heavy atom. The molecule has 8 aromatic rings. The summed E-state index contributed by atoms with van der Waals surface area (Å²) in [4.78, 5) is 7.29. The van der Waals surface area contributed by atoms with Crippen LogP contribution in [-0.2, 0) is 0 Å². The molecule has 0 spiro atoms. The van der Waals surface area contributed by atoms with Gasteiger partial charge in [-0.05, 0) is 66.7 Å². The highest BCUT2D eigenvalue weighted by atomic mass is 32.1. The zero-order valence-electron chi connectivity index (χ0n) is 20.9. The third-order valence-corrected chi connectivity index (χ3v) is 8.44. The Morgan fingerprint density at radius 1 is 0.538 bits per heavy atom. The van der Waals surface area contributed by atoms with Crippen molar-refractivity contribution in [1.82, 2.24) is 4.98 Å². The van der Waals surface area contributed by atoms with Gasteiger partial charge in [0.1, 0.15) is 5.52 Å². The van der Waals surface area contributed by atoms with Gasteiger partial charge in [-0.15, -0.1) is 11.3 Å². The molecule has 8 rings (SSSR count). The Hall–Kier alpha value is -4.93. The van der Waals surface area contributed by atoms with Gasteiger partial charge in [0.25, 0.3) is 0 Å². The second-order valence-electron chi connectivity index (χ2n) is 9.62. The van der Waals surface area contributed by atoms with Crippen LogP contribution in [0.25, 0.3) is 53.5 Å². The lowest BCUT2D eigenvalue weighted by Gasteiger charge is -2.27. The van der Waals surface area contributed by atoms with Crippen molar-refractivity contribution >= 4 is 70.4 Å². The molecule has 0 unspecified atom stereocenters. The maximum absolute atomic E-state index is 6.19. The van der Waals surface area contributed by atoms with E-state index >= 15 is 0 Å². The van der Waals surface area contributed by atoms with Gasteiger partial charge in [0.15, 0.2) is 5.58 Å². The predicted molar refractivity (Wildman–Crippen MR) is 165 cm³/mol. The van der Waals surface area contributed by atoms with Gasteiger partial charge in [-0.25, -0.2) is 4.98 Å². The lowest BCUT2D eigenvalue weighted by molar-refractivity contribution is 0.620. The van der Waals surface area contributed by atoms with Crippen molar-refractivity contribution in [2.75, 3.05) is 4.90 Å². The number of oxazole rings is 1. The number of thiophene rings is 1. The van der Waals surface area contributed by atoms with Crippen LogP contribution in [0.5, 0.6) is 0 Å². The van der Waals surface area contributed by atoms with Gasteiger partial charge >= 0.3 is 0 Å². The molecule has 39 heavy (non-hydrogen) atoms. The third-order valence-electron chi connectivity index (χ3n) is 7.29. The zero-order chi connectivity index (χ0) is 25.8. The summed E-state index contributed by atoms with van der Waals surface area (Å²) in [5.41, 5.74) is 5.96. The molecule has 0 fully saturated rings. The van der Waals surface area contributed by atoms with Crippen LogP contribution in [0.1, 0.15) is 0 Å². The lowest BCUT2D eigenvalue weighted by atomic mass is 10.0. The van der Waals surface area contributed by atoms with Crippen LogP contribution in [0.3, 0.4) is 0 Å². The summed E-state index contributed by atoms with van der Waals surface area (Å²) in [6.07, 6.45) is 0. The molecule has 6 aromatic carbocycles. The first kappa shape index (κ1) is 22.1. The van der Waals surface area contributed by atoms with Crippen molar-refractivity contribution in [2.24, 2.45) is 0 Å². The van der Waals surface area contributed by atoms with Gasteiger partial charge < -0.3 is 9.32 Å². The molecule has 3 nitrogen and oxygen atoms in total. The van der Waals surface area contributed by atoms with Crippen molar-refractivity contribution in [1.29, 1.82) is 0 Å². The van der Waals surface area contributed by atoms with Gasteiger partial charge in [0.05, 0.1) is 5.69 Å². The Labute approximate surface area is 229 Å². The van der Waals surface area contributed by atoms with E-state index in [9.17, 15) is 0 Å². The first-order valence-corrected chi connectivity index (χ1v) is 13.8. The van der Waals surface area contributed by atoms with Crippen molar-refractivity contribution < 1.29 is 4.42 Å². The van der Waals surface area contributed by atoms with Crippen LogP contribution in [0, 0.1) is 0 Å². The molecule has 0 N–H and O–H groups in total. The average Bonchev–Trinajstić information content (AvgIpc) is 3.60. The van der Waals surface area contributed by atoms with Gasteiger partial charge in [-0.1, -0.05) is 66.7 Å². The number of rotatable bonds is 4. The number of aromatic nitrogens is 1. The SMILES string of the molecule is c1ccc(-c2nc3c(ccc4c(N(c5ccccc5)c5ccc6sc7ccccc7c6c5)cccc43)o2)cc1.